The van der Waals surface area contributed by atoms with E-state index in [1.165, 1.54) is 0 Å². The molecule has 146 valence electrons. The number of rotatable bonds is 6. The highest BCUT2D eigenvalue weighted by Crippen LogP contribution is 2.29. The molecule has 0 aliphatic heterocycles. The van der Waals surface area contributed by atoms with Gasteiger partial charge in [-0.3, -0.25) is 9.59 Å². The minimum absolute atomic E-state index is 0.168. The highest BCUT2D eigenvalue weighted by atomic mass is 35.5. The van der Waals surface area contributed by atoms with Gasteiger partial charge in [-0.2, -0.15) is 0 Å². The predicted octanol–water partition coefficient (Wildman–Crippen LogP) is 5.18. The molecule has 0 atom stereocenters. The molecule has 2 aromatic carbocycles. The lowest BCUT2D eigenvalue weighted by molar-refractivity contribution is -0.116. The first-order chi connectivity index (χ1) is 14.0. The van der Waals surface area contributed by atoms with Gasteiger partial charge in [-0.05, 0) is 25.1 Å². The normalized spacial score (nSPS) is 11.0. The average molecular weight is 409 g/mol. The van der Waals surface area contributed by atoms with Crippen LogP contribution >= 0.6 is 11.6 Å². The van der Waals surface area contributed by atoms with Crippen molar-refractivity contribution in [1.29, 1.82) is 0 Å². The molecule has 0 saturated carbocycles. The summed E-state index contributed by atoms with van der Waals surface area (Å²) in [6.07, 6.45) is 0.625. The Labute approximate surface area is 171 Å². The van der Waals surface area contributed by atoms with E-state index in [9.17, 15) is 9.59 Å². The number of carbonyl (C=O) groups excluding carboxylic acids is 2. The van der Waals surface area contributed by atoms with Crippen LogP contribution in [0.25, 0.3) is 11.0 Å². The zero-order chi connectivity index (χ0) is 20.4. The SMILES string of the molecule is Cc1c(C(=O)c2ccccc2)oc2ccc(NC(=O)CCc3cc(Cl)no3)cc12. The van der Waals surface area contributed by atoms with Gasteiger partial charge < -0.3 is 14.3 Å². The first-order valence-corrected chi connectivity index (χ1v) is 9.43. The van der Waals surface area contributed by atoms with E-state index in [2.05, 4.69) is 10.5 Å². The molecule has 0 radical (unpaired) electrons. The molecule has 0 aliphatic carbocycles. The molecule has 6 nitrogen and oxygen atoms in total. The molecule has 7 heteroatoms. The van der Waals surface area contributed by atoms with Gasteiger partial charge in [0.05, 0.1) is 0 Å². The Bertz CT molecular complexity index is 1190. The molecule has 0 fully saturated rings. The van der Waals surface area contributed by atoms with Crippen LogP contribution in [0, 0.1) is 6.92 Å². The number of furan rings is 1. The number of carbonyl (C=O) groups is 2. The first kappa shape index (κ1) is 19.0. The molecule has 0 aliphatic rings. The molecule has 4 rings (SSSR count). The van der Waals surface area contributed by atoms with Crippen LogP contribution in [0.1, 0.15) is 33.9 Å². The number of nitrogens with one attached hydrogen (secondary N) is 1. The van der Waals surface area contributed by atoms with Gasteiger partial charge in [0, 0.05) is 41.1 Å². The number of hydrogen-bond donors (Lipinski definition) is 1. The number of ketones is 1. The molecule has 1 N–H and O–H groups in total. The third-order valence-corrected chi connectivity index (χ3v) is 4.77. The molecule has 2 heterocycles. The molecule has 2 aromatic heterocycles. The van der Waals surface area contributed by atoms with E-state index in [0.717, 1.165) is 10.9 Å². The van der Waals surface area contributed by atoms with Crippen molar-refractivity contribution >= 4 is 39.9 Å². The number of halogens is 1. The fraction of sp³-hybridized carbons (Fsp3) is 0.136. The monoisotopic (exact) mass is 408 g/mol. The van der Waals surface area contributed by atoms with Crippen molar-refractivity contribution in [3.8, 4) is 0 Å². The number of anilines is 1. The zero-order valence-electron chi connectivity index (χ0n) is 15.6. The fourth-order valence-corrected chi connectivity index (χ4v) is 3.26. The van der Waals surface area contributed by atoms with Crippen molar-refractivity contribution in [2.24, 2.45) is 0 Å². The predicted molar refractivity (Wildman–Crippen MR) is 109 cm³/mol. The molecular weight excluding hydrogens is 392 g/mol. The number of nitrogens with zero attached hydrogens (tertiary/aromatic N) is 1. The summed E-state index contributed by atoms with van der Waals surface area (Å²) in [5.74, 6) is 0.515. The molecule has 0 saturated heterocycles. The number of aromatic nitrogens is 1. The number of benzene rings is 2. The van der Waals surface area contributed by atoms with Crippen molar-refractivity contribution < 1.29 is 18.5 Å². The topological polar surface area (TPSA) is 85.3 Å². The summed E-state index contributed by atoms with van der Waals surface area (Å²) >= 11 is 5.70. The fourth-order valence-electron chi connectivity index (χ4n) is 3.10. The Hall–Kier alpha value is -3.38. The molecule has 0 bridgehead atoms. The Balaban J connectivity index is 1.51. The summed E-state index contributed by atoms with van der Waals surface area (Å²) in [7, 11) is 0. The lowest BCUT2D eigenvalue weighted by Crippen LogP contribution is -2.12. The van der Waals surface area contributed by atoms with E-state index >= 15 is 0 Å². The van der Waals surface area contributed by atoms with Gasteiger partial charge in [0.25, 0.3) is 0 Å². The second-order valence-electron chi connectivity index (χ2n) is 6.63. The van der Waals surface area contributed by atoms with Crippen molar-refractivity contribution in [2.75, 3.05) is 5.32 Å². The van der Waals surface area contributed by atoms with Crippen LogP contribution in [0.4, 0.5) is 5.69 Å². The Kier molecular flexibility index (Phi) is 5.18. The molecular formula is C22H17ClN2O4. The second kappa shape index (κ2) is 7.93. The van der Waals surface area contributed by atoms with Gasteiger partial charge in [-0.15, -0.1) is 0 Å². The molecule has 0 spiro atoms. The standard InChI is InChI=1S/C22H17ClN2O4/c1-13-17-11-15(24-20(26)10-8-16-12-19(23)25-29-16)7-9-18(17)28-22(13)21(27)14-5-3-2-4-6-14/h2-7,9,11-12H,8,10H2,1H3,(H,24,26). The molecule has 4 aromatic rings. The van der Waals surface area contributed by atoms with Crippen molar-refractivity contribution in [3.05, 3.63) is 82.4 Å². The summed E-state index contributed by atoms with van der Waals surface area (Å²) in [6, 6.07) is 15.9. The summed E-state index contributed by atoms with van der Waals surface area (Å²) in [5.41, 5.74) is 2.52. The summed E-state index contributed by atoms with van der Waals surface area (Å²) in [5, 5.41) is 7.48. The number of aryl methyl sites for hydroxylation is 2. The Morgan fingerprint density at radius 2 is 1.90 bits per heavy atom. The van der Waals surface area contributed by atoms with Gasteiger partial charge in [0.15, 0.2) is 10.9 Å². The maximum absolute atomic E-state index is 12.7. The van der Waals surface area contributed by atoms with Gasteiger partial charge in [0.2, 0.25) is 11.7 Å². The van der Waals surface area contributed by atoms with E-state index in [-0.39, 0.29) is 23.3 Å². The smallest absolute Gasteiger partial charge is 0.228 e. The highest BCUT2D eigenvalue weighted by Gasteiger charge is 2.19. The van der Waals surface area contributed by atoms with Gasteiger partial charge in [-0.25, -0.2) is 0 Å². The minimum Gasteiger partial charge on any atom is -0.452 e. The van der Waals surface area contributed by atoms with Gasteiger partial charge in [-0.1, -0.05) is 47.1 Å². The van der Waals surface area contributed by atoms with Crippen LogP contribution in [-0.2, 0) is 11.2 Å². The Morgan fingerprint density at radius 3 is 2.62 bits per heavy atom. The zero-order valence-corrected chi connectivity index (χ0v) is 16.3. The Morgan fingerprint density at radius 1 is 1.10 bits per heavy atom. The summed E-state index contributed by atoms with van der Waals surface area (Å²) < 4.78 is 10.8. The van der Waals surface area contributed by atoms with Crippen LogP contribution in [0.3, 0.4) is 0 Å². The van der Waals surface area contributed by atoms with Gasteiger partial charge in [0.1, 0.15) is 11.3 Å². The highest BCUT2D eigenvalue weighted by molar-refractivity contribution is 6.29. The van der Waals surface area contributed by atoms with E-state index in [4.69, 9.17) is 20.5 Å². The molecule has 29 heavy (non-hydrogen) atoms. The van der Waals surface area contributed by atoms with Crippen molar-refractivity contribution in [2.45, 2.75) is 19.8 Å². The lowest BCUT2D eigenvalue weighted by Gasteiger charge is -2.04. The van der Waals surface area contributed by atoms with Gasteiger partial charge >= 0.3 is 0 Å². The third kappa shape index (κ3) is 4.07. The van der Waals surface area contributed by atoms with Crippen molar-refractivity contribution in [3.63, 3.8) is 0 Å². The summed E-state index contributed by atoms with van der Waals surface area (Å²) in [4.78, 5) is 25.0. The number of amides is 1. The average Bonchev–Trinajstić information content (AvgIpc) is 3.30. The third-order valence-electron chi connectivity index (χ3n) is 4.59. The largest absolute Gasteiger partial charge is 0.452 e. The van der Waals surface area contributed by atoms with E-state index < -0.39 is 0 Å². The number of fused-ring (bicyclic) bond motifs is 1. The van der Waals surface area contributed by atoms with E-state index in [1.54, 1.807) is 36.4 Å². The van der Waals surface area contributed by atoms with E-state index in [1.807, 2.05) is 25.1 Å². The summed E-state index contributed by atoms with van der Waals surface area (Å²) in [6.45, 7) is 1.83. The number of hydrogen-bond acceptors (Lipinski definition) is 5. The lowest BCUT2D eigenvalue weighted by atomic mass is 10.0. The first-order valence-electron chi connectivity index (χ1n) is 9.05. The van der Waals surface area contributed by atoms with Crippen LogP contribution in [-0.4, -0.2) is 16.8 Å². The van der Waals surface area contributed by atoms with Crippen LogP contribution < -0.4 is 5.32 Å². The van der Waals surface area contributed by atoms with E-state index in [0.29, 0.717) is 34.8 Å². The molecule has 1 amide bonds. The quantitative estimate of drug-likeness (QED) is 0.444. The maximum atomic E-state index is 12.7. The molecule has 0 unspecified atom stereocenters. The minimum atomic E-state index is -0.171. The second-order valence-corrected chi connectivity index (χ2v) is 7.01. The van der Waals surface area contributed by atoms with Crippen LogP contribution in [0.15, 0.2) is 63.5 Å². The maximum Gasteiger partial charge on any atom is 0.228 e. The van der Waals surface area contributed by atoms with Crippen LogP contribution in [0.5, 0.6) is 0 Å². The van der Waals surface area contributed by atoms with Crippen LogP contribution in [0.2, 0.25) is 5.15 Å². The van der Waals surface area contributed by atoms with Crippen molar-refractivity contribution in [1.82, 2.24) is 5.16 Å².